The Labute approximate surface area is 237 Å². The van der Waals surface area contributed by atoms with Crippen LogP contribution >= 0.6 is 11.8 Å². The summed E-state index contributed by atoms with van der Waals surface area (Å²) in [6.45, 7) is 1.56. The second-order valence-corrected chi connectivity index (χ2v) is 10.8. The van der Waals surface area contributed by atoms with Crippen molar-refractivity contribution in [1.82, 2.24) is 15.5 Å². The summed E-state index contributed by atoms with van der Waals surface area (Å²) >= 11 is 1.51. The van der Waals surface area contributed by atoms with E-state index in [-0.39, 0.29) is 61.1 Å². The predicted molar refractivity (Wildman–Crippen MR) is 159 cm³/mol. The van der Waals surface area contributed by atoms with Crippen molar-refractivity contribution in [2.45, 2.75) is 70.3 Å². The van der Waals surface area contributed by atoms with E-state index in [1.165, 1.54) is 11.8 Å². The van der Waals surface area contributed by atoms with Crippen LogP contribution in [0.2, 0.25) is 0 Å². The van der Waals surface area contributed by atoms with Gasteiger partial charge in [0.1, 0.15) is 11.6 Å². The number of Topliss-reactive ketones (excluding diaryl/α,β-unsaturated/α-hetero) is 1. The molecule has 0 saturated heterocycles. The summed E-state index contributed by atoms with van der Waals surface area (Å²) in [4.78, 5) is 50.4. The number of carbonyl (C=O) groups excluding carboxylic acids is 4. The molecule has 0 heterocycles. The molecule has 10 nitrogen and oxygen atoms in total. The Kier molecular flexibility index (Phi) is 17.5. The molecule has 0 aliphatic heterocycles. The molecule has 3 amide bonds. The van der Waals surface area contributed by atoms with Crippen LogP contribution in [0.3, 0.4) is 0 Å². The van der Waals surface area contributed by atoms with Gasteiger partial charge < -0.3 is 26.6 Å². The first kappa shape index (κ1) is 34.1. The maximum absolute atomic E-state index is 12.1. The second-order valence-electron chi connectivity index (χ2n) is 9.92. The van der Waals surface area contributed by atoms with Crippen molar-refractivity contribution >= 4 is 46.8 Å². The highest BCUT2D eigenvalue weighted by molar-refractivity contribution is 7.99. The average molecular weight is 563 g/mol. The molecule has 1 atom stereocenters. The second kappa shape index (κ2) is 20.0. The van der Waals surface area contributed by atoms with Gasteiger partial charge in [-0.2, -0.15) is 11.8 Å². The monoisotopic (exact) mass is 562 g/mol. The molecule has 1 unspecified atom stereocenters. The Morgan fingerprint density at radius 2 is 1.59 bits per heavy atom. The number of ketones is 1. The number of rotatable bonds is 21. The molecule has 11 heteroatoms. The molecule has 6 N–H and O–H groups in total. The van der Waals surface area contributed by atoms with Gasteiger partial charge in [-0.15, -0.1) is 0 Å². The molecule has 0 spiro atoms. The Hall–Kier alpha value is -2.92. The van der Waals surface area contributed by atoms with Crippen molar-refractivity contribution < 1.29 is 19.2 Å². The van der Waals surface area contributed by atoms with Crippen LogP contribution in [0.5, 0.6) is 0 Å². The Balaban J connectivity index is 2.17. The van der Waals surface area contributed by atoms with Gasteiger partial charge >= 0.3 is 0 Å². The van der Waals surface area contributed by atoms with Gasteiger partial charge in [-0.1, -0.05) is 0 Å². The third kappa shape index (κ3) is 17.3. The van der Waals surface area contributed by atoms with Crippen molar-refractivity contribution in [3.8, 4) is 0 Å². The fourth-order valence-electron chi connectivity index (χ4n) is 3.96. The maximum Gasteiger partial charge on any atom is 0.230 e. The normalized spacial score (nSPS) is 11.6. The van der Waals surface area contributed by atoms with Crippen LogP contribution in [-0.4, -0.2) is 79.5 Å². The summed E-state index contributed by atoms with van der Waals surface area (Å²) in [5, 5.41) is 16.1. The van der Waals surface area contributed by atoms with E-state index in [0.717, 1.165) is 38.6 Å². The van der Waals surface area contributed by atoms with Crippen molar-refractivity contribution in [2.75, 3.05) is 44.5 Å². The molecule has 1 aromatic rings. The van der Waals surface area contributed by atoms with E-state index in [2.05, 4.69) is 20.9 Å². The molecule has 1 rings (SSSR count). The van der Waals surface area contributed by atoms with Gasteiger partial charge in [0, 0.05) is 49.5 Å². The molecule has 39 heavy (non-hydrogen) atoms. The third-order valence-corrected chi connectivity index (χ3v) is 6.62. The Morgan fingerprint density at radius 3 is 2.23 bits per heavy atom. The molecule has 0 fully saturated rings. The quantitative estimate of drug-likeness (QED) is 0.0876. The molecule has 218 valence electrons. The summed E-state index contributed by atoms with van der Waals surface area (Å²) in [7, 11) is 4.08. The lowest BCUT2D eigenvalue weighted by atomic mass is 10.0. The lowest BCUT2D eigenvalue weighted by Gasteiger charge is -2.20. The topological polar surface area (TPSA) is 157 Å². The fraction of sp³-hybridized carbons (Fsp3) is 0.607. The Morgan fingerprint density at radius 1 is 0.897 bits per heavy atom. The van der Waals surface area contributed by atoms with Gasteiger partial charge in [0.05, 0.1) is 5.75 Å². The van der Waals surface area contributed by atoms with E-state index in [0.29, 0.717) is 30.0 Å². The van der Waals surface area contributed by atoms with Crippen LogP contribution in [0.1, 0.15) is 69.8 Å². The van der Waals surface area contributed by atoms with Gasteiger partial charge in [0.25, 0.3) is 0 Å². The molecule has 0 radical (unpaired) electrons. The molecule has 0 aliphatic carbocycles. The highest BCUT2D eigenvalue weighted by Gasteiger charge is 2.13. The van der Waals surface area contributed by atoms with Crippen LogP contribution in [0, 0.1) is 5.41 Å². The lowest BCUT2D eigenvalue weighted by Crippen LogP contribution is -2.36. The number of amidine groups is 1. The van der Waals surface area contributed by atoms with E-state index < -0.39 is 0 Å². The summed E-state index contributed by atoms with van der Waals surface area (Å²) in [6.07, 6.45) is 7.70. The molecule has 0 bridgehead atoms. The van der Waals surface area contributed by atoms with Gasteiger partial charge in [-0.05, 0) is 89.7 Å². The summed E-state index contributed by atoms with van der Waals surface area (Å²) in [6, 6.07) is 6.76. The van der Waals surface area contributed by atoms with E-state index in [9.17, 15) is 19.2 Å². The van der Waals surface area contributed by atoms with E-state index in [1.54, 1.807) is 24.3 Å². The zero-order valence-electron chi connectivity index (χ0n) is 23.6. The Bertz CT molecular complexity index is 923. The van der Waals surface area contributed by atoms with E-state index in [4.69, 9.17) is 11.1 Å². The van der Waals surface area contributed by atoms with Crippen LogP contribution in [0.25, 0.3) is 0 Å². The number of nitrogen functional groups attached to an aromatic ring is 1. The van der Waals surface area contributed by atoms with Crippen molar-refractivity contribution in [1.29, 1.82) is 5.41 Å². The SMILES string of the molecule is CSCC(=O)NC(CCCCNC(=O)CCCC(=O)CCC(=O)Nc1ccc(C(=N)N)cc1)CCCN(C)C. The highest BCUT2D eigenvalue weighted by Crippen LogP contribution is 2.11. The number of hydrogen-bond donors (Lipinski definition) is 5. The molecule has 0 aromatic heterocycles. The highest BCUT2D eigenvalue weighted by atomic mass is 32.2. The summed E-state index contributed by atoms with van der Waals surface area (Å²) in [5.41, 5.74) is 6.56. The number of nitrogens with one attached hydrogen (secondary N) is 4. The molecular weight excluding hydrogens is 516 g/mol. The molecular formula is C28H46N6O4S. The van der Waals surface area contributed by atoms with E-state index >= 15 is 0 Å². The number of nitrogens with zero attached hydrogens (tertiary/aromatic N) is 1. The number of nitrogens with two attached hydrogens (primary N) is 1. The third-order valence-electron chi connectivity index (χ3n) is 6.07. The van der Waals surface area contributed by atoms with Crippen molar-refractivity contribution in [3.63, 3.8) is 0 Å². The number of thioether (sulfide) groups is 1. The van der Waals surface area contributed by atoms with Crippen LogP contribution in [0.15, 0.2) is 24.3 Å². The van der Waals surface area contributed by atoms with Crippen LogP contribution in [0.4, 0.5) is 5.69 Å². The van der Waals surface area contributed by atoms with E-state index in [1.807, 2.05) is 20.4 Å². The van der Waals surface area contributed by atoms with Crippen LogP contribution < -0.4 is 21.7 Å². The first-order chi connectivity index (χ1) is 18.6. The molecule has 0 saturated carbocycles. The first-order valence-corrected chi connectivity index (χ1v) is 15.0. The first-order valence-electron chi connectivity index (χ1n) is 13.6. The van der Waals surface area contributed by atoms with Gasteiger partial charge in [0.15, 0.2) is 0 Å². The smallest absolute Gasteiger partial charge is 0.230 e. The van der Waals surface area contributed by atoms with Crippen molar-refractivity contribution in [3.05, 3.63) is 29.8 Å². The number of carbonyl (C=O) groups is 4. The van der Waals surface area contributed by atoms with Gasteiger partial charge in [-0.25, -0.2) is 0 Å². The van der Waals surface area contributed by atoms with Gasteiger partial charge in [-0.3, -0.25) is 24.6 Å². The average Bonchev–Trinajstić information content (AvgIpc) is 2.87. The minimum Gasteiger partial charge on any atom is -0.384 e. The maximum atomic E-state index is 12.1. The molecule has 0 aliphatic rings. The summed E-state index contributed by atoms with van der Waals surface area (Å²) < 4.78 is 0. The van der Waals surface area contributed by atoms with Crippen LogP contribution in [-0.2, 0) is 19.2 Å². The van der Waals surface area contributed by atoms with Crippen molar-refractivity contribution in [2.24, 2.45) is 5.73 Å². The molecule has 1 aromatic carbocycles. The summed E-state index contributed by atoms with van der Waals surface area (Å²) in [5.74, 6) is 0.101. The number of anilines is 1. The number of amides is 3. The minimum absolute atomic E-state index is 0.0456. The largest absolute Gasteiger partial charge is 0.384 e. The zero-order valence-corrected chi connectivity index (χ0v) is 24.5. The standard InChI is InChI=1S/C28H46N6O4S/c1-34(2)19-7-9-22(33-27(38)20-39-3)8-4-5-18-31-25(36)11-6-10-24(35)16-17-26(37)32-23-14-12-21(13-15-23)28(29)30/h12-15,22H,4-11,16-20H2,1-3H3,(H3,29,30)(H,31,36)(H,32,37)(H,33,38). The predicted octanol–water partition coefficient (Wildman–Crippen LogP) is 2.90. The lowest BCUT2D eigenvalue weighted by molar-refractivity contribution is -0.123. The number of unbranched alkanes of at least 4 members (excludes halogenated alkanes) is 1. The zero-order chi connectivity index (χ0) is 29.0. The van der Waals surface area contributed by atoms with Gasteiger partial charge in [0.2, 0.25) is 17.7 Å². The minimum atomic E-state index is -0.263. The number of benzene rings is 1. The fourth-order valence-corrected chi connectivity index (χ4v) is 4.30. The number of hydrogen-bond acceptors (Lipinski definition) is 7.